The third-order valence-corrected chi connectivity index (χ3v) is 4.45. The number of rotatable bonds is 7. The van der Waals surface area contributed by atoms with Gasteiger partial charge in [-0.3, -0.25) is 0 Å². The van der Waals surface area contributed by atoms with Crippen molar-refractivity contribution in [2.75, 3.05) is 6.61 Å². The molecule has 0 aromatic rings. The quantitative estimate of drug-likeness (QED) is 0.497. The predicted molar refractivity (Wildman–Crippen MR) is 74.4 cm³/mol. The fraction of sp³-hybridized carbons (Fsp3) is 0.875. The molecule has 2 fully saturated rings. The molecule has 2 heterocycles. The second-order valence-electron chi connectivity index (χ2n) is 5.75. The van der Waals surface area contributed by atoms with Crippen LogP contribution in [0.1, 0.15) is 58.3 Å². The van der Waals surface area contributed by atoms with Crippen molar-refractivity contribution in [2.45, 2.75) is 70.7 Å². The van der Waals surface area contributed by atoms with Crippen LogP contribution >= 0.6 is 0 Å². The van der Waals surface area contributed by atoms with Crippen molar-refractivity contribution in [3.05, 3.63) is 12.7 Å². The topological polar surface area (TPSA) is 18.5 Å². The molecule has 0 N–H and O–H groups in total. The number of hydrogen-bond acceptors (Lipinski definition) is 2. The Morgan fingerprint density at radius 1 is 1.28 bits per heavy atom. The van der Waals surface area contributed by atoms with E-state index in [1.165, 1.54) is 44.9 Å². The fourth-order valence-electron chi connectivity index (χ4n) is 3.47. The molecule has 0 aromatic heterocycles. The molecule has 0 aromatic carbocycles. The van der Waals surface area contributed by atoms with Crippen LogP contribution in [0, 0.1) is 11.8 Å². The molecule has 2 rings (SSSR count). The Kier molecular flexibility index (Phi) is 5.71. The van der Waals surface area contributed by atoms with E-state index in [1.807, 2.05) is 6.08 Å². The number of unbranched alkanes of at least 4 members (excludes halogenated alkanes) is 2. The second-order valence-corrected chi connectivity index (χ2v) is 5.75. The maximum absolute atomic E-state index is 6.17. The molecule has 2 nitrogen and oxygen atoms in total. The van der Waals surface area contributed by atoms with Crippen LogP contribution in [0.3, 0.4) is 0 Å². The Bertz CT molecular complexity index is 251. The van der Waals surface area contributed by atoms with E-state index in [0.717, 1.165) is 13.0 Å². The number of ether oxygens (including phenoxy) is 2. The summed E-state index contributed by atoms with van der Waals surface area (Å²) in [7, 11) is 0. The predicted octanol–water partition coefficient (Wildman–Crippen LogP) is 4.30. The van der Waals surface area contributed by atoms with E-state index in [9.17, 15) is 0 Å². The first kappa shape index (κ1) is 14.1. The molecule has 2 heteroatoms. The number of hydrogen-bond donors (Lipinski definition) is 0. The Morgan fingerprint density at radius 2 is 2.17 bits per heavy atom. The summed E-state index contributed by atoms with van der Waals surface area (Å²) in [5.41, 5.74) is 0. The van der Waals surface area contributed by atoms with E-state index in [4.69, 9.17) is 9.47 Å². The van der Waals surface area contributed by atoms with E-state index in [0.29, 0.717) is 17.9 Å². The molecule has 0 bridgehead atoms. The zero-order chi connectivity index (χ0) is 12.8. The lowest BCUT2D eigenvalue weighted by molar-refractivity contribution is -0.167. The standard InChI is InChI=1S/C16H28O2/c1-3-5-7-11-15-13(9-6-4-2)14-10-8-12-17-16(14)18-15/h4,13-16H,2-3,5-12H2,1H3/t13-,14?,15+,16?/m1/s1. The Hall–Kier alpha value is -0.340. The summed E-state index contributed by atoms with van der Waals surface area (Å²) in [5, 5.41) is 0. The minimum absolute atomic E-state index is 0.0974. The lowest BCUT2D eigenvalue weighted by atomic mass is 9.81. The first-order chi connectivity index (χ1) is 8.86. The third-order valence-electron chi connectivity index (χ3n) is 4.45. The maximum Gasteiger partial charge on any atom is 0.161 e. The highest BCUT2D eigenvalue weighted by Crippen LogP contribution is 2.43. The summed E-state index contributed by atoms with van der Waals surface area (Å²) < 4.78 is 12.0. The molecule has 18 heavy (non-hydrogen) atoms. The van der Waals surface area contributed by atoms with Crippen LogP contribution in [-0.4, -0.2) is 19.0 Å². The van der Waals surface area contributed by atoms with Gasteiger partial charge in [-0.2, -0.15) is 0 Å². The van der Waals surface area contributed by atoms with Crippen LogP contribution in [0.25, 0.3) is 0 Å². The molecular formula is C16H28O2. The van der Waals surface area contributed by atoms with Crippen LogP contribution in [0.15, 0.2) is 12.7 Å². The fourth-order valence-corrected chi connectivity index (χ4v) is 3.47. The summed E-state index contributed by atoms with van der Waals surface area (Å²) >= 11 is 0. The van der Waals surface area contributed by atoms with Gasteiger partial charge in [0.25, 0.3) is 0 Å². The molecular weight excluding hydrogens is 224 g/mol. The molecule has 2 aliphatic rings. The van der Waals surface area contributed by atoms with E-state index in [2.05, 4.69) is 13.5 Å². The van der Waals surface area contributed by atoms with Crippen LogP contribution in [0.5, 0.6) is 0 Å². The van der Waals surface area contributed by atoms with Gasteiger partial charge in [0.05, 0.1) is 6.10 Å². The monoisotopic (exact) mass is 252 g/mol. The highest BCUT2D eigenvalue weighted by Gasteiger charge is 2.44. The van der Waals surface area contributed by atoms with Crippen LogP contribution in [0.2, 0.25) is 0 Å². The molecule has 0 radical (unpaired) electrons. The van der Waals surface area contributed by atoms with Crippen molar-refractivity contribution in [2.24, 2.45) is 11.8 Å². The van der Waals surface area contributed by atoms with Gasteiger partial charge in [0.15, 0.2) is 6.29 Å². The summed E-state index contributed by atoms with van der Waals surface area (Å²) in [5.74, 6) is 1.34. The highest BCUT2D eigenvalue weighted by atomic mass is 16.7. The van der Waals surface area contributed by atoms with Crippen molar-refractivity contribution < 1.29 is 9.47 Å². The third kappa shape index (κ3) is 3.36. The van der Waals surface area contributed by atoms with Crippen molar-refractivity contribution >= 4 is 0 Å². The zero-order valence-corrected chi connectivity index (χ0v) is 11.8. The van der Waals surface area contributed by atoms with Gasteiger partial charge in [0, 0.05) is 12.5 Å². The maximum atomic E-state index is 6.17. The van der Waals surface area contributed by atoms with Gasteiger partial charge in [-0.25, -0.2) is 0 Å². The van der Waals surface area contributed by atoms with Gasteiger partial charge in [0.1, 0.15) is 0 Å². The molecule has 0 spiro atoms. The molecule has 104 valence electrons. The van der Waals surface area contributed by atoms with Crippen molar-refractivity contribution in [1.82, 2.24) is 0 Å². The molecule has 2 aliphatic heterocycles. The Morgan fingerprint density at radius 3 is 2.94 bits per heavy atom. The van der Waals surface area contributed by atoms with Crippen LogP contribution in [0.4, 0.5) is 0 Å². The molecule has 0 amide bonds. The largest absolute Gasteiger partial charge is 0.352 e. The van der Waals surface area contributed by atoms with E-state index in [1.54, 1.807) is 0 Å². The van der Waals surface area contributed by atoms with E-state index < -0.39 is 0 Å². The molecule has 4 atom stereocenters. The Labute approximate surface area is 112 Å². The summed E-state index contributed by atoms with van der Waals surface area (Å²) in [6.45, 7) is 7.00. The van der Waals surface area contributed by atoms with Crippen molar-refractivity contribution in [1.29, 1.82) is 0 Å². The summed E-state index contributed by atoms with van der Waals surface area (Å²) in [6, 6.07) is 0. The van der Waals surface area contributed by atoms with Gasteiger partial charge < -0.3 is 9.47 Å². The number of allylic oxidation sites excluding steroid dienone is 1. The van der Waals surface area contributed by atoms with E-state index >= 15 is 0 Å². The summed E-state index contributed by atoms with van der Waals surface area (Å²) in [6.07, 6.45) is 12.5. The van der Waals surface area contributed by atoms with E-state index in [-0.39, 0.29) is 6.29 Å². The van der Waals surface area contributed by atoms with Crippen molar-refractivity contribution in [3.8, 4) is 0 Å². The summed E-state index contributed by atoms with van der Waals surface area (Å²) in [4.78, 5) is 0. The average molecular weight is 252 g/mol. The zero-order valence-electron chi connectivity index (χ0n) is 11.8. The van der Waals surface area contributed by atoms with Gasteiger partial charge in [-0.1, -0.05) is 32.3 Å². The van der Waals surface area contributed by atoms with Crippen LogP contribution < -0.4 is 0 Å². The Balaban J connectivity index is 1.90. The minimum atomic E-state index is 0.0974. The molecule has 0 aliphatic carbocycles. The molecule has 2 saturated heterocycles. The lowest BCUT2D eigenvalue weighted by Gasteiger charge is -2.27. The minimum Gasteiger partial charge on any atom is -0.352 e. The normalized spacial score (nSPS) is 35.4. The first-order valence-electron chi connectivity index (χ1n) is 7.74. The highest BCUT2D eigenvalue weighted by molar-refractivity contribution is 4.89. The van der Waals surface area contributed by atoms with Gasteiger partial charge >= 0.3 is 0 Å². The lowest BCUT2D eigenvalue weighted by Crippen LogP contribution is -2.28. The smallest absolute Gasteiger partial charge is 0.161 e. The number of fused-ring (bicyclic) bond motifs is 1. The molecule has 0 saturated carbocycles. The van der Waals surface area contributed by atoms with Crippen LogP contribution in [-0.2, 0) is 9.47 Å². The first-order valence-corrected chi connectivity index (χ1v) is 7.74. The van der Waals surface area contributed by atoms with Gasteiger partial charge in [-0.15, -0.1) is 6.58 Å². The second kappa shape index (κ2) is 7.30. The average Bonchev–Trinajstić information content (AvgIpc) is 2.74. The molecule has 2 unspecified atom stereocenters. The van der Waals surface area contributed by atoms with Gasteiger partial charge in [0.2, 0.25) is 0 Å². The van der Waals surface area contributed by atoms with Gasteiger partial charge in [-0.05, 0) is 38.0 Å². The van der Waals surface area contributed by atoms with Crippen molar-refractivity contribution in [3.63, 3.8) is 0 Å². The SMILES string of the molecule is C=CCC[C@@H]1C2CCCOC2O[C@H]1CCCCC.